The van der Waals surface area contributed by atoms with Crippen LogP contribution in [0.15, 0.2) is 6.07 Å². The number of ether oxygens (including phenoxy) is 1. The van der Waals surface area contributed by atoms with E-state index in [1.807, 2.05) is 13.8 Å². The molecular weight excluding hydrogens is 272 g/mol. The Morgan fingerprint density at radius 2 is 2.16 bits per heavy atom. The number of hydrogen-bond donors (Lipinski definition) is 1. The molecular formula is C11H14N2O5S. The van der Waals surface area contributed by atoms with Crippen molar-refractivity contribution in [2.24, 2.45) is 0 Å². The van der Waals surface area contributed by atoms with E-state index >= 15 is 0 Å². The average molecular weight is 286 g/mol. The molecule has 1 aromatic rings. The number of anilines is 1. The Morgan fingerprint density at radius 1 is 1.53 bits per heavy atom. The highest BCUT2D eigenvalue weighted by atomic mass is 32.1. The van der Waals surface area contributed by atoms with Gasteiger partial charge in [0.05, 0.1) is 11.5 Å². The molecule has 8 heteroatoms. The normalized spacial score (nSPS) is 10.3. The van der Waals surface area contributed by atoms with Gasteiger partial charge in [-0.25, -0.2) is 4.79 Å². The highest BCUT2D eigenvalue weighted by Gasteiger charge is 2.24. The molecule has 0 fully saturated rings. The van der Waals surface area contributed by atoms with Crippen LogP contribution in [0.3, 0.4) is 0 Å². The van der Waals surface area contributed by atoms with Crippen molar-refractivity contribution in [1.29, 1.82) is 0 Å². The summed E-state index contributed by atoms with van der Waals surface area (Å²) in [6, 6.07) is 1.40. The Bertz CT molecular complexity index is 509. The Hall–Kier alpha value is -1.96. The van der Waals surface area contributed by atoms with Gasteiger partial charge in [-0.1, -0.05) is 13.8 Å². The molecule has 0 bridgehead atoms. The molecule has 0 atom stereocenters. The number of hydrogen-bond acceptors (Lipinski definition) is 6. The SMILES string of the molecule is CCOC(=O)C(=O)Nc1sc(C(C)C)cc1[N+](=O)[O-]. The number of thiophene rings is 1. The predicted molar refractivity (Wildman–Crippen MR) is 70.3 cm³/mol. The fourth-order valence-corrected chi connectivity index (χ4v) is 2.28. The molecule has 1 amide bonds. The van der Waals surface area contributed by atoms with E-state index in [4.69, 9.17) is 0 Å². The van der Waals surface area contributed by atoms with Crippen LogP contribution < -0.4 is 5.32 Å². The van der Waals surface area contributed by atoms with Crippen LogP contribution in [0.1, 0.15) is 31.6 Å². The number of carbonyl (C=O) groups is 2. The lowest BCUT2D eigenvalue weighted by molar-refractivity contribution is -0.383. The second-order valence-electron chi connectivity index (χ2n) is 3.95. The van der Waals surface area contributed by atoms with Gasteiger partial charge in [-0.3, -0.25) is 14.9 Å². The first kappa shape index (κ1) is 15.1. The lowest BCUT2D eigenvalue weighted by atomic mass is 10.2. The first-order valence-electron chi connectivity index (χ1n) is 5.63. The van der Waals surface area contributed by atoms with Crippen molar-refractivity contribution >= 4 is 33.9 Å². The van der Waals surface area contributed by atoms with Gasteiger partial charge in [-0.05, 0) is 12.8 Å². The molecule has 0 saturated carbocycles. The summed E-state index contributed by atoms with van der Waals surface area (Å²) in [6.07, 6.45) is 0. The van der Waals surface area contributed by atoms with Crippen LogP contribution in [0.25, 0.3) is 0 Å². The lowest BCUT2D eigenvalue weighted by Gasteiger charge is -2.02. The fraction of sp³-hybridized carbons (Fsp3) is 0.455. The zero-order chi connectivity index (χ0) is 14.6. The van der Waals surface area contributed by atoms with Crippen molar-refractivity contribution in [2.45, 2.75) is 26.7 Å². The van der Waals surface area contributed by atoms with Gasteiger partial charge in [0.25, 0.3) is 0 Å². The van der Waals surface area contributed by atoms with E-state index in [2.05, 4.69) is 10.1 Å². The third-order valence-electron chi connectivity index (χ3n) is 2.19. The zero-order valence-corrected chi connectivity index (χ0v) is 11.6. The minimum Gasteiger partial charge on any atom is -0.459 e. The topological polar surface area (TPSA) is 98.5 Å². The highest BCUT2D eigenvalue weighted by Crippen LogP contribution is 2.37. The van der Waals surface area contributed by atoms with Gasteiger partial charge in [-0.15, -0.1) is 11.3 Å². The van der Waals surface area contributed by atoms with Crippen LogP contribution in [0, 0.1) is 10.1 Å². The maximum absolute atomic E-state index is 11.5. The van der Waals surface area contributed by atoms with Crippen LogP contribution >= 0.6 is 11.3 Å². The van der Waals surface area contributed by atoms with Crippen molar-refractivity contribution in [3.05, 3.63) is 21.1 Å². The predicted octanol–water partition coefficient (Wildman–Crippen LogP) is 2.28. The van der Waals surface area contributed by atoms with Gasteiger partial charge < -0.3 is 10.1 Å². The molecule has 0 unspecified atom stereocenters. The molecule has 1 rings (SSSR count). The Morgan fingerprint density at radius 3 is 2.63 bits per heavy atom. The Balaban J connectivity index is 2.96. The number of rotatable bonds is 4. The lowest BCUT2D eigenvalue weighted by Crippen LogP contribution is -2.24. The molecule has 0 aliphatic carbocycles. The van der Waals surface area contributed by atoms with Crippen molar-refractivity contribution in [3.8, 4) is 0 Å². The first-order valence-corrected chi connectivity index (χ1v) is 6.44. The molecule has 0 radical (unpaired) electrons. The molecule has 1 heterocycles. The standard InChI is InChI=1S/C11H14N2O5S/c1-4-18-11(15)9(14)12-10-7(13(16)17)5-8(19-10)6(2)3/h5-6H,4H2,1-3H3,(H,12,14). The summed E-state index contributed by atoms with van der Waals surface area (Å²) in [7, 11) is 0. The van der Waals surface area contributed by atoms with E-state index in [1.165, 1.54) is 6.07 Å². The number of esters is 1. The molecule has 1 N–H and O–H groups in total. The van der Waals surface area contributed by atoms with E-state index in [0.717, 1.165) is 16.2 Å². The monoisotopic (exact) mass is 286 g/mol. The Labute approximate surface area is 113 Å². The molecule has 19 heavy (non-hydrogen) atoms. The molecule has 1 aromatic heterocycles. The van der Waals surface area contributed by atoms with E-state index < -0.39 is 16.8 Å². The van der Waals surface area contributed by atoms with Gasteiger partial charge in [0, 0.05) is 10.9 Å². The van der Waals surface area contributed by atoms with Crippen molar-refractivity contribution < 1.29 is 19.2 Å². The summed E-state index contributed by atoms with van der Waals surface area (Å²) in [4.78, 5) is 33.7. The zero-order valence-electron chi connectivity index (χ0n) is 10.8. The van der Waals surface area contributed by atoms with E-state index in [9.17, 15) is 19.7 Å². The van der Waals surface area contributed by atoms with Crippen molar-refractivity contribution in [2.75, 3.05) is 11.9 Å². The summed E-state index contributed by atoms with van der Waals surface area (Å²) in [5, 5.41) is 13.1. The van der Waals surface area contributed by atoms with Crippen LogP contribution in [0.5, 0.6) is 0 Å². The summed E-state index contributed by atoms with van der Waals surface area (Å²) in [5.41, 5.74) is -0.216. The number of amides is 1. The third kappa shape index (κ3) is 3.75. The third-order valence-corrected chi connectivity index (χ3v) is 3.53. The largest absolute Gasteiger partial charge is 0.459 e. The van der Waals surface area contributed by atoms with Gasteiger partial charge in [0.1, 0.15) is 0 Å². The van der Waals surface area contributed by atoms with Gasteiger partial charge in [0.2, 0.25) is 0 Å². The summed E-state index contributed by atoms with van der Waals surface area (Å²) in [6.45, 7) is 5.39. The quantitative estimate of drug-likeness (QED) is 0.396. The minimum atomic E-state index is -1.06. The van der Waals surface area contributed by atoms with Crippen LogP contribution in [-0.2, 0) is 14.3 Å². The average Bonchev–Trinajstić information content (AvgIpc) is 2.73. The molecule has 0 spiro atoms. The van der Waals surface area contributed by atoms with Gasteiger partial charge in [-0.2, -0.15) is 0 Å². The van der Waals surface area contributed by atoms with Crippen LogP contribution in [-0.4, -0.2) is 23.4 Å². The first-order chi connectivity index (χ1) is 8.86. The highest BCUT2D eigenvalue weighted by molar-refractivity contribution is 7.17. The van der Waals surface area contributed by atoms with Crippen LogP contribution in [0.4, 0.5) is 10.7 Å². The van der Waals surface area contributed by atoms with Gasteiger partial charge >= 0.3 is 17.6 Å². The number of nitrogens with one attached hydrogen (secondary N) is 1. The summed E-state index contributed by atoms with van der Waals surface area (Å²) >= 11 is 1.08. The number of carbonyl (C=O) groups excluding carboxylic acids is 2. The number of nitro groups is 1. The van der Waals surface area contributed by atoms with Gasteiger partial charge in [0.15, 0.2) is 5.00 Å². The minimum absolute atomic E-state index is 0.0479. The summed E-state index contributed by atoms with van der Waals surface area (Å²) < 4.78 is 4.51. The number of nitrogens with zero attached hydrogens (tertiary/aromatic N) is 1. The Kier molecular flexibility index (Phi) is 4.99. The second-order valence-corrected chi connectivity index (χ2v) is 5.03. The maximum atomic E-state index is 11.5. The van der Waals surface area contributed by atoms with Crippen LogP contribution in [0.2, 0.25) is 0 Å². The maximum Gasteiger partial charge on any atom is 0.397 e. The summed E-state index contributed by atoms with van der Waals surface area (Å²) in [5.74, 6) is -1.98. The van der Waals surface area contributed by atoms with Crippen molar-refractivity contribution in [1.82, 2.24) is 0 Å². The molecule has 0 aliphatic rings. The van der Waals surface area contributed by atoms with E-state index in [1.54, 1.807) is 6.92 Å². The van der Waals surface area contributed by atoms with E-state index in [-0.39, 0.29) is 23.2 Å². The van der Waals surface area contributed by atoms with E-state index in [0.29, 0.717) is 0 Å². The molecule has 7 nitrogen and oxygen atoms in total. The second kappa shape index (κ2) is 6.28. The van der Waals surface area contributed by atoms with Crippen molar-refractivity contribution in [3.63, 3.8) is 0 Å². The smallest absolute Gasteiger partial charge is 0.397 e. The molecule has 104 valence electrons. The fourth-order valence-electron chi connectivity index (χ4n) is 1.26. The molecule has 0 saturated heterocycles. The molecule has 0 aliphatic heterocycles. The molecule has 0 aromatic carbocycles.